The van der Waals surface area contributed by atoms with Crippen LogP contribution >= 0.6 is 0 Å². The molecule has 0 aromatic carbocycles. The zero-order valence-corrected chi connectivity index (χ0v) is 32.8. The van der Waals surface area contributed by atoms with Crippen LogP contribution in [0.25, 0.3) is 0 Å². The molecule has 0 bridgehead atoms. The van der Waals surface area contributed by atoms with Gasteiger partial charge in [-0.2, -0.15) is 0 Å². The summed E-state index contributed by atoms with van der Waals surface area (Å²) in [6.07, 6.45) is 4.80. The normalized spacial score (nSPS) is 23.4. The number of aliphatic carboxylic acids is 1. The van der Waals surface area contributed by atoms with Crippen LogP contribution in [-0.2, 0) is 24.0 Å². The maximum atomic E-state index is 14.2. The highest BCUT2D eigenvalue weighted by molar-refractivity contribution is 5.99. The fraction of sp³-hybridized carbons (Fsp3) is 0.842. The number of hydrogen-bond acceptors (Lipinski definition) is 6. The van der Waals surface area contributed by atoms with Crippen molar-refractivity contribution in [3.05, 3.63) is 0 Å². The minimum absolute atomic E-state index is 0.0545. The maximum absolute atomic E-state index is 14.2. The molecular formula is C38H67N5O7. The molecule has 2 saturated carbocycles. The first kappa shape index (κ1) is 43.0. The second-order valence-electron chi connectivity index (χ2n) is 18.2. The average molecular weight is 706 g/mol. The molecule has 6 N–H and O–H groups in total. The molecule has 5 amide bonds. The SMILES string of the molecule is CC[C@@H](NC(=O)[C@@H](NC(=O)[C@H](CC(=O)C(C)(C)C)NC(=O)[C@@H](NC(=O)NC1[C@H](C)CCC[C@@H]1C)C(C)(C)C)C1(C(=O)O)CCCC1)C(C)(C)C. The Hall–Kier alpha value is -3.18. The van der Waals surface area contributed by atoms with E-state index in [1.807, 2.05) is 27.7 Å². The summed E-state index contributed by atoms with van der Waals surface area (Å²) in [7, 11) is 0. The quantitative estimate of drug-likeness (QED) is 0.154. The van der Waals surface area contributed by atoms with Gasteiger partial charge in [-0.3, -0.25) is 24.0 Å². The molecule has 0 radical (unpaired) electrons. The van der Waals surface area contributed by atoms with Gasteiger partial charge in [-0.05, 0) is 54.8 Å². The number of carbonyl (C=O) groups is 6. The second-order valence-corrected chi connectivity index (χ2v) is 18.2. The van der Waals surface area contributed by atoms with E-state index in [-0.39, 0.29) is 48.0 Å². The van der Waals surface area contributed by atoms with Crippen molar-refractivity contribution in [1.82, 2.24) is 26.6 Å². The molecule has 2 fully saturated rings. The van der Waals surface area contributed by atoms with Gasteiger partial charge in [0.15, 0.2) is 0 Å². The number of hydrogen-bond donors (Lipinski definition) is 6. The molecule has 0 spiro atoms. The summed E-state index contributed by atoms with van der Waals surface area (Å²) < 4.78 is 0. The molecule has 0 heterocycles. The number of nitrogens with one attached hydrogen (secondary N) is 5. The lowest BCUT2D eigenvalue weighted by atomic mass is 9.77. The van der Waals surface area contributed by atoms with Crippen molar-refractivity contribution in [2.24, 2.45) is 33.5 Å². The monoisotopic (exact) mass is 706 g/mol. The molecule has 12 nitrogen and oxygen atoms in total. The van der Waals surface area contributed by atoms with Gasteiger partial charge in [-0.15, -0.1) is 0 Å². The Balaban J connectivity index is 2.46. The van der Waals surface area contributed by atoms with E-state index in [0.717, 1.165) is 19.3 Å². The third kappa shape index (κ3) is 11.2. The van der Waals surface area contributed by atoms with E-state index in [2.05, 4.69) is 40.4 Å². The standard InChI is InChI=1S/C38H67N5O7/c1-13-25(35(4,5)6)40-32(47)29(38(33(48)49)19-14-15-20-38)42-30(45)24(21-26(44)36(7,8)9)39-31(46)28(37(10,11)12)43-34(50)41-27-22(2)17-16-18-23(27)3/h22-25,27-29H,13-21H2,1-12H3,(H,39,46)(H,40,47)(H,42,45)(H,48,49)(H2,41,43,50)/t22-,23+,24-,25+,27?,28+,29+/m0/s1. The molecule has 2 rings (SSSR count). The lowest BCUT2D eigenvalue weighted by molar-refractivity contribution is -0.155. The number of urea groups is 1. The second kappa shape index (κ2) is 16.9. The molecule has 286 valence electrons. The molecule has 2 aliphatic carbocycles. The molecule has 50 heavy (non-hydrogen) atoms. The first-order valence-electron chi connectivity index (χ1n) is 18.6. The summed E-state index contributed by atoms with van der Waals surface area (Å²) >= 11 is 0. The fourth-order valence-corrected chi connectivity index (χ4v) is 7.44. The van der Waals surface area contributed by atoms with E-state index < -0.39 is 70.5 Å². The summed E-state index contributed by atoms with van der Waals surface area (Å²) in [5.74, 6) is -3.08. The molecule has 7 atom stereocenters. The highest BCUT2D eigenvalue weighted by atomic mass is 16.4. The Bertz CT molecular complexity index is 1230. The smallest absolute Gasteiger partial charge is 0.315 e. The van der Waals surface area contributed by atoms with Gasteiger partial charge in [-0.25, -0.2) is 4.79 Å². The third-order valence-corrected chi connectivity index (χ3v) is 10.9. The van der Waals surface area contributed by atoms with E-state index in [4.69, 9.17) is 0 Å². The lowest BCUT2D eigenvalue weighted by Gasteiger charge is -2.38. The van der Waals surface area contributed by atoms with Crippen LogP contribution in [0.4, 0.5) is 4.79 Å². The molecule has 0 aromatic rings. The zero-order chi connectivity index (χ0) is 38.4. The van der Waals surface area contributed by atoms with Crippen LogP contribution in [0.1, 0.15) is 141 Å². The van der Waals surface area contributed by atoms with Crippen LogP contribution in [0.5, 0.6) is 0 Å². The van der Waals surface area contributed by atoms with Crippen LogP contribution in [0, 0.1) is 33.5 Å². The highest BCUT2D eigenvalue weighted by Crippen LogP contribution is 2.42. The largest absolute Gasteiger partial charge is 0.481 e. The van der Waals surface area contributed by atoms with Gasteiger partial charge in [0.25, 0.3) is 0 Å². The summed E-state index contributed by atoms with van der Waals surface area (Å²) in [5, 5.41) is 24.8. The van der Waals surface area contributed by atoms with Crippen molar-refractivity contribution in [3.8, 4) is 0 Å². The number of carboxylic acids is 1. The molecule has 0 aromatic heterocycles. The van der Waals surface area contributed by atoms with E-state index in [1.54, 1.807) is 41.5 Å². The van der Waals surface area contributed by atoms with Crippen LogP contribution in [0.2, 0.25) is 0 Å². The van der Waals surface area contributed by atoms with Gasteiger partial charge in [0.1, 0.15) is 23.9 Å². The number of amides is 5. The molecule has 0 aliphatic heterocycles. The maximum Gasteiger partial charge on any atom is 0.315 e. The number of Topliss-reactive ketones (excluding diaryl/α,β-unsaturated/α-hetero) is 1. The van der Waals surface area contributed by atoms with Crippen molar-refractivity contribution < 1.29 is 33.9 Å². The zero-order valence-electron chi connectivity index (χ0n) is 32.8. The predicted octanol–water partition coefficient (Wildman–Crippen LogP) is 5.09. The topological polar surface area (TPSA) is 183 Å². The van der Waals surface area contributed by atoms with E-state index >= 15 is 0 Å². The Morgan fingerprint density at radius 2 is 1.26 bits per heavy atom. The van der Waals surface area contributed by atoms with Crippen LogP contribution < -0.4 is 26.6 Å². The molecule has 1 unspecified atom stereocenters. The van der Waals surface area contributed by atoms with Crippen molar-refractivity contribution in [2.45, 2.75) is 171 Å². The van der Waals surface area contributed by atoms with Crippen molar-refractivity contribution >= 4 is 35.5 Å². The van der Waals surface area contributed by atoms with Crippen LogP contribution in [0.15, 0.2) is 0 Å². The minimum atomic E-state index is -1.56. The Morgan fingerprint density at radius 3 is 1.70 bits per heavy atom. The van der Waals surface area contributed by atoms with Crippen LogP contribution in [0.3, 0.4) is 0 Å². The van der Waals surface area contributed by atoms with E-state index in [1.165, 1.54) is 0 Å². The van der Waals surface area contributed by atoms with Gasteiger partial charge in [0, 0.05) is 23.9 Å². The predicted molar refractivity (Wildman–Crippen MR) is 194 cm³/mol. The van der Waals surface area contributed by atoms with Gasteiger partial charge < -0.3 is 31.7 Å². The summed E-state index contributed by atoms with van der Waals surface area (Å²) in [4.78, 5) is 81.7. The fourth-order valence-electron chi connectivity index (χ4n) is 7.44. The van der Waals surface area contributed by atoms with Crippen molar-refractivity contribution in [1.29, 1.82) is 0 Å². The van der Waals surface area contributed by atoms with Gasteiger partial charge >= 0.3 is 12.0 Å². The van der Waals surface area contributed by atoms with Crippen LogP contribution in [-0.4, -0.2) is 70.8 Å². The first-order chi connectivity index (χ1) is 22.8. The van der Waals surface area contributed by atoms with Crippen molar-refractivity contribution in [3.63, 3.8) is 0 Å². The third-order valence-electron chi connectivity index (χ3n) is 10.9. The van der Waals surface area contributed by atoms with E-state index in [0.29, 0.717) is 19.3 Å². The first-order valence-corrected chi connectivity index (χ1v) is 18.6. The van der Waals surface area contributed by atoms with Gasteiger partial charge in [-0.1, -0.05) is 102 Å². The van der Waals surface area contributed by atoms with Crippen molar-refractivity contribution in [2.75, 3.05) is 0 Å². The molecule has 12 heteroatoms. The molecular weight excluding hydrogens is 638 g/mol. The summed E-state index contributed by atoms with van der Waals surface area (Å²) in [6.45, 7) is 22.5. The number of carboxylic acid groups (broad SMARTS) is 1. The minimum Gasteiger partial charge on any atom is -0.481 e. The van der Waals surface area contributed by atoms with E-state index in [9.17, 15) is 33.9 Å². The summed E-state index contributed by atoms with van der Waals surface area (Å²) in [6, 6.07) is -4.83. The van der Waals surface area contributed by atoms with Gasteiger partial charge in [0.2, 0.25) is 17.7 Å². The highest BCUT2D eigenvalue weighted by Gasteiger charge is 2.53. The summed E-state index contributed by atoms with van der Waals surface area (Å²) in [5.41, 5.74) is -3.54. The lowest BCUT2D eigenvalue weighted by Crippen LogP contribution is -2.64. The number of rotatable bonds is 13. The Labute approximate surface area is 300 Å². The average Bonchev–Trinajstić information content (AvgIpc) is 3.48. The molecule has 2 aliphatic rings. The molecule has 0 saturated heterocycles. The Morgan fingerprint density at radius 1 is 0.720 bits per heavy atom. The Kier molecular flexibility index (Phi) is 14.5. The number of ketones is 1. The number of carbonyl (C=O) groups excluding carboxylic acids is 5. The van der Waals surface area contributed by atoms with Gasteiger partial charge in [0.05, 0.1) is 5.41 Å².